The molecule has 0 spiro atoms. The van der Waals surface area contributed by atoms with Crippen LogP contribution in [0.25, 0.3) is 10.8 Å². The van der Waals surface area contributed by atoms with Crippen LogP contribution in [0.1, 0.15) is 5.56 Å². The molecule has 108 valence electrons. The van der Waals surface area contributed by atoms with Gasteiger partial charge in [0.2, 0.25) is 0 Å². The lowest BCUT2D eigenvalue weighted by Gasteiger charge is -2.19. The van der Waals surface area contributed by atoms with Crippen molar-refractivity contribution in [1.82, 2.24) is 0 Å². The van der Waals surface area contributed by atoms with Crippen molar-refractivity contribution in [3.63, 3.8) is 0 Å². The average molecular weight is 325 g/mol. The third kappa shape index (κ3) is 1.73. The number of nitrogens with zero attached hydrogens (tertiary/aromatic N) is 1. The van der Waals surface area contributed by atoms with Crippen LogP contribution in [-0.4, -0.2) is 13.4 Å². The Hall–Kier alpha value is -2.24. The molecule has 4 rings (SSSR count). The van der Waals surface area contributed by atoms with Gasteiger partial charge in [-0.1, -0.05) is 60.7 Å². The van der Waals surface area contributed by atoms with Crippen LogP contribution in [0.4, 0.5) is 5.69 Å². The number of thiocarbonyl (C=S) groups is 1. The molecule has 0 radical (unpaired) electrons. The van der Waals surface area contributed by atoms with Crippen molar-refractivity contribution in [1.29, 1.82) is 0 Å². The summed E-state index contributed by atoms with van der Waals surface area (Å²) in [6.45, 7) is 0. The molecule has 0 atom stereocenters. The molecular weight excluding hydrogens is 314 g/mol. The van der Waals surface area contributed by atoms with Crippen LogP contribution in [0.15, 0.2) is 71.6 Å². The van der Waals surface area contributed by atoms with Gasteiger partial charge in [0.05, 0.1) is 10.6 Å². The minimum absolute atomic E-state index is 0.238. The Labute approximate surface area is 133 Å². The topological polar surface area (TPSA) is 37.4 Å². The Morgan fingerprint density at radius 1 is 0.818 bits per heavy atom. The van der Waals surface area contributed by atoms with Gasteiger partial charge in [-0.2, -0.15) is 0 Å². The Morgan fingerprint density at radius 2 is 1.50 bits per heavy atom. The van der Waals surface area contributed by atoms with Crippen LogP contribution in [0.2, 0.25) is 0 Å². The van der Waals surface area contributed by atoms with Crippen LogP contribution in [0.5, 0.6) is 0 Å². The van der Waals surface area contributed by atoms with Gasteiger partial charge in [-0.25, -0.2) is 12.7 Å². The SMILES string of the molecule is O=S(=O)(c1ccccc1)N1C(=S)c2cccc3cccc1c23. The van der Waals surface area contributed by atoms with Gasteiger partial charge in [0.25, 0.3) is 10.0 Å². The number of rotatable bonds is 2. The van der Waals surface area contributed by atoms with Crippen molar-refractivity contribution in [2.24, 2.45) is 0 Å². The van der Waals surface area contributed by atoms with Crippen LogP contribution in [0.3, 0.4) is 0 Å². The highest BCUT2D eigenvalue weighted by molar-refractivity contribution is 7.95. The summed E-state index contributed by atoms with van der Waals surface area (Å²) < 4.78 is 27.3. The van der Waals surface area contributed by atoms with Crippen molar-refractivity contribution in [3.8, 4) is 0 Å². The zero-order valence-corrected chi connectivity index (χ0v) is 13.1. The quantitative estimate of drug-likeness (QED) is 0.674. The minimum atomic E-state index is -3.71. The molecule has 0 aromatic heterocycles. The molecule has 1 aliphatic rings. The first-order valence-corrected chi connectivity index (χ1v) is 8.62. The Kier molecular flexibility index (Phi) is 2.82. The fourth-order valence-electron chi connectivity index (χ4n) is 2.82. The summed E-state index contributed by atoms with van der Waals surface area (Å²) >= 11 is 5.45. The van der Waals surface area contributed by atoms with E-state index in [9.17, 15) is 8.42 Å². The van der Waals surface area contributed by atoms with E-state index in [4.69, 9.17) is 12.2 Å². The van der Waals surface area contributed by atoms with Gasteiger partial charge in [-0.3, -0.25) is 0 Å². The van der Waals surface area contributed by atoms with E-state index in [1.54, 1.807) is 36.4 Å². The van der Waals surface area contributed by atoms with Gasteiger partial charge >= 0.3 is 0 Å². The molecule has 0 aliphatic carbocycles. The van der Waals surface area contributed by atoms with Gasteiger partial charge < -0.3 is 0 Å². The lowest BCUT2D eigenvalue weighted by atomic mass is 10.1. The molecule has 0 fully saturated rings. The van der Waals surface area contributed by atoms with Gasteiger partial charge in [-0.05, 0) is 23.6 Å². The summed E-state index contributed by atoms with van der Waals surface area (Å²) in [5.41, 5.74) is 1.42. The molecule has 1 aliphatic heterocycles. The molecule has 0 saturated heterocycles. The molecule has 22 heavy (non-hydrogen) atoms. The molecule has 3 aromatic carbocycles. The maximum Gasteiger partial charge on any atom is 0.269 e. The third-order valence-corrected chi connectivity index (χ3v) is 6.04. The number of hydrogen-bond acceptors (Lipinski definition) is 3. The first-order valence-electron chi connectivity index (χ1n) is 6.77. The normalized spacial score (nSPS) is 13.8. The van der Waals surface area contributed by atoms with E-state index >= 15 is 0 Å². The van der Waals surface area contributed by atoms with E-state index in [2.05, 4.69) is 0 Å². The maximum atomic E-state index is 13.0. The second kappa shape index (κ2) is 4.63. The van der Waals surface area contributed by atoms with Crippen molar-refractivity contribution in [2.45, 2.75) is 4.90 Å². The van der Waals surface area contributed by atoms with Gasteiger partial charge in [-0.15, -0.1) is 0 Å². The Balaban J connectivity index is 2.00. The van der Waals surface area contributed by atoms with E-state index in [0.717, 1.165) is 16.3 Å². The molecule has 0 unspecified atom stereocenters. The number of sulfonamides is 1. The molecule has 0 N–H and O–H groups in total. The second-order valence-electron chi connectivity index (χ2n) is 5.07. The van der Waals surface area contributed by atoms with Gasteiger partial charge in [0, 0.05) is 10.9 Å². The van der Waals surface area contributed by atoms with Gasteiger partial charge in [0.15, 0.2) is 0 Å². The van der Waals surface area contributed by atoms with E-state index in [0.29, 0.717) is 10.7 Å². The summed E-state index contributed by atoms with van der Waals surface area (Å²) in [5.74, 6) is 0. The highest BCUT2D eigenvalue weighted by atomic mass is 32.2. The largest absolute Gasteiger partial charge is 0.269 e. The number of benzene rings is 3. The van der Waals surface area contributed by atoms with E-state index < -0.39 is 10.0 Å². The van der Waals surface area contributed by atoms with Crippen LogP contribution < -0.4 is 4.31 Å². The smallest absolute Gasteiger partial charge is 0.223 e. The van der Waals surface area contributed by atoms with Crippen molar-refractivity contribution < 1.29 is 8.42 Å². The predicted octanol–water partition coefficient (Wildman–Crippen LogP) is 3.72. The highest BCUT2D eigenvalue weighted by Gasteiger charge is 2.36. The van der Waals surface area contributed by atoms with Crippen molar-refractivity contribution in [3.05, 3.63) is 72.3 Å². The third-order valence-electron chi connectivity index (χ3n) is 3.80. The van der Waals surface area contributed by atoms with E-state index in [-0.39, 0.29) is 4.90 Å². The van der Waals surface area contributed by atoms with Crippen LogP contribution in [-0.2, 0) is 10.0 Å². The number of hydrogen-bond donors (Lipinski definition) is 0. The highest BCUT2D eigenvalue weighted by Crippen LogP contribution is 2.40. The molecule has 0 amide bonds. The summed E-state index contributed by atoms with van der Waals surface area (Å²) in [5, 5.41) is 1.89. The molecule has 0 saturated carbocycles. The fourth-order valence-corrected chi connectivity index (χ4v) is 4.83. The van der Waals surface area contributed by atoms with E-state index in [1.165, 1.54) is 4.31 Å². The second-order valence-corrected chi connectivity index (χ2v) is 7.24. The standard InChI is InChI=1S/C17H11NO2S2/c19-22(20,13-8-2-1-3-9-13)18-15-11-5-7-12-6-4-10-14(16(12)15)17(18)21/h1-11H. The predicted molar refractivity (Wildman–Crippen MR) is 91.8 cm³/mol. The fraction of sp³-hybridized carbons (Fsp3) is 0. The molecule has 0 bridgehead atoms. The first kappa shape index (κ1) is 13.4. The van der Waals surface area contributed by atoms with Crippen LogP contribution in [0, 0.1) is 0 Å². The summed E-state index contributed by atoms with van der Waals surface area (Å²) in [7, 11) is -3.71. The summed E-state index contributed by atoms with van der Waals surface area (Å²) in [4.78, 5) is 0.567. The molecule has 3 nitrogen and oxygen atoms in total. The van der Waals surface area contributed by atoms with Crippen LogP contribution >= 0.6 is 12.2 Å². The molecule has 3 aromatic rings. The lowest BCUT2D eigenvalue weighted by molar-refractivity contribution is 0.597. The van der Waals surface area contributed by atoms with Crippen molar-refractivity contribution >= 4 is 43.7 Å². The van der Waals surface area contributed by atoms with E-state index in [1.807, 2.05) is 30.3 Å². The zero-order valence-electron chi connectivity index (χ0n) is 11.4. The lowest BCUT2D eigenvalue weighted by Crippen LogP contribution is -2.33. The number of anilines is 1. The summed E-state index contributed by atoms with van der Waals surface area (Å²) in [6, 6.07) is 19.7. The van der Waals surface area contributed by atoms with Crippen molar-refractivity contribution in [2.75, 3.05) is 4.31 Å². The first-order chi connectivity index (χ1) is 10.6. The molecule has 1 heterocycles. The average Bonchev–Trinajstić information content (AvgIpc) is 2.84. The minimum Gasteiger partial charge on any atom is -0.223 e. The summed E-state index contributed by atoms with van der Waals surface area (Å²) in [6.07, 6.45) is 0. The van der Waals surface area contributed by atoms with Gasteiger partial charge in [0.1, 0.15) is 4.99 Å². The monoisotopic (exact) mass is 325 g/mol. The Bertz CT molecular complexity index is 1010. The molecule has 5 heteroatoms. The molecular formula is C17H11NO2S2. The maximum absolute atomic E-state index is 13.0. The zero-order chi connectivity index (χ0) is 15.3. The Morgan fingerprint density at radius 3 is 2.23 bits per heavy atom.